The van der Waals surface area contributed by atoms with Crippen LogP contribution in [0.25, 0.3) is 0 Å². The van der Waals surface area contributed by atoms with Crippen LogP contribution in [0.4, 0.5) is 5.00 Å². The standard InChI is InChI=1S/C29H31ClN2O4S/c1-6-11-36-26-22(30)13-18(14-23(26)34-5)16-32-28-25(27(33)31-17-20-8-7-12-35-20)21-10-9-19(29(2,3)4)15-24(21)37-28/h1,7-8,12-14,16,19H,9-11,15,17H2,2-5H3,(H,31,33)/t19-/m0/s1. The number of methoxy groups -OCH3 is 1. The molecule has 0 bridgehead atoms. The Hall–Kier alpha value is -3.21. The van der Waals surface area contributed by atoms with Crippen LogP contribution in [0.3, 0.4) is 0 Å². The molecule has 1 amide bonds. The molecule has 1 aliphatic carbocycles. The van der Waals surface area contributed by atoms with Gasteiger partial charge in [-0.1, -0.05) is 38.3 Å². The predicted octanol–water partition coefficient (Wildman–Crippen LogP) is 6.85. The van der Waals surface area contributed by atoms with Crippen molar-refractivity contribution in [2.45, 2.75) is 46.6 Å². The van der Waals surface area contributed by atoms with Crippen LogP contribution in [-0.4, -0.2) is 25.8 Å². The Bertz CT molecular complexity index is 1330. The van der Waals surface area contributed by atoms with Gasteiger partial charge in [0.1, 0.15) is 17.4 Å². The molecule has 37 heavy (non-hydrogen) atoms. The van der Waals surface area contributed by atoms with Crippen LogP contribution < -0.4 is 14.8 Å². The van der Waals surface area contributed by atoms with Crippen LogP contribution in [0.2, 0.25) is 5.02 Å². The largest absolute Gasteiger partial charge is 0.493 e. The lowest BCUT2D eigenvalue weighted by Gasteiger charge is -2.33. The number of hydrogen-bond donors (Lipinski definition) is 1. The number of benzene rings is 1. The van der Waals surface area contributed by atoms with Crippen molar-refractivity contribution in [1.82, 2.24) is 5.32 Å². The van der Waals surface area contributed by atoms with Gasteiger partial charge >= 0.3 is 0 Å². The number of nitrogens with one attached hydrogen (secondary N) is 1. The van der Waals surface area contributed by atoms with Crippen molar-refractivity contribution in [3.05, 3.63) is 62.9 Å². The lowest BCUT2D eigenvalue weighted by molar-refractivity contribution is 0.0947. The molecular formula is C29H31ClN2O4S. The summed E-state index contributed by atoms with van der Waals surface area (Å²) >= 11 is 8.03. The maximum atomic E-state index is 13.4. The number of furan rings is 1. The van der Waals surface area contributed by atoms with Gasteiger partial charge in [0.25, 0.3) is 5.91 Å². The molecule has 0 saturated heterocycles. The fourth-order valence-electron chi connectivity index (χ4n) is 4.51. The molecular weight excluding hydrogens is 508 g/mol. The quantitative estimate of drug-likeness (QED) is 0.251. The number of thiophene rings is 1. The van der Waals surface area contributed by atoms with E-state index in [1.807, 2.05) is 6.07 Å². The summed E-state index contributed by atoms with van der Waals surface area (Å²) in [5.41, 5.74) is 2.66. The van der Waals surface area contributed by atoms with Crippen molar-refractivity contribution in [3.8, 4) is 23.8 Å². The van der Waals surface area contributed by atoms with Gasteiger partial charge in [-0.2, -0.15) is 0 Å². The normalized spacial score (nSPS) is 15.3. The summed E-state index contributed by atoms with van der Waals surface area (Å²) in [5.74, 6) is 4.36. The number of hydrogen-bond acceptors (Lipinski definition) is 6. The SMILES string of the molecule is C#CCOc1c(Cl)cc(C=Nc2sc3c(c2C(=O)NCc2ccco2)CC[C@H](C(C)(C)C)C3)cc1OC. The monoisotopic (exact) mass is 538 g/mol. The molecule has 4 rings (SSSR count). The summed E-state index contributed by atoms with van der Waals surface area (Å²) in [6.45, 7) is 7.23. The van der Waals surface area contributed by atoms with Gasteiger partial charge in [0.2, 0.25) is 0 Å². The minimum Gasteiger partial charge on any atom is -0.493 e. The summed E-state index contributed by atoms with van der Waals surface area (Å²) in [7, 11) is 1.54. The highest BCUT2D eigenvalue weighted by Crippen LogP contribution is 2.45. The fourth-order valence-corrected chi connectivity index (χ4v) is 6.05. The van der Waals surface area contributed by atoms with E-state index in [-0.39, 0.29) is 17.9 Å². The average Bonchev–Trinajstić information content (AvgIpc) is 3.51. The smallest absolute Gasteiger partial charge is 0.255 e. The van der Waals surface area contributed by atoms with Crippen molar-refractivity contribution in [3.63, 3.8) is 0 Å². The molecule has 1 N–H and O–H groups in total. The Morgan fingerprint density at radius 1 is 1.41 bits per heavy atom. The molecule has 0 unspecified atom stereocenters. The van der Waals surface area contributed by atoms with Crippen LogP contribution in [0.1, 0.15) is 59.3 Å². The zero-order chi connectivity index (χ0) is 26.6. The first-order valence-electron chi connectivity index (χ1n) is 12.1. The van der Waals surface area contributed by atoms with E-state index in [1.54, 1.807) is 42.0 Å². The number of terminal acetylenes is 1. The van der Waals surface area contributed by atoms with Crippen LogP contribution in [0.5, 0.6) is 11.5 Å². The second-order valence-electron chi connectivity index (χ2n) is 10.0. The van der Waals surface area contributed by atoms with Crippen molar-refractivity contribution in [1.29, 1.82) is 0 Å². The molecule has 1 aromatic carbocycles. The highest BCUT2D eigenvalue weighted by Gasteiger charge is 2.33. The van der Waals surface area contributed by atoms with Gasteiger partial charge in [-0.3, -0.25) is 4.79 Å². The first kappa shape index (κ1) is 26.8. The van der Waals surface area contributed by atoms with Crippen molar-refractivity contribution in [2.75, 3.05) is 13.7 Å². The maximum Gasteiger partial charge on any atom is 0.255 e. The molecule has 6 nitrogen and oxygen atoms in total. The minimum atomic E-state index is -0.149. The van der Waals surface area contributed by atoms with Gasteiger partial charge in [0.15, 0.2) is 11.5 Å². The molecule has 194 valence electrons. The van der Waals surface area contributed by atoms with E-state index in [0.29, 0.717) is 45.3 Å². The number of rotatable bonds is 8. The summed E-state index contributed by atoms with van der Waals surface area (Å²) in [5, 5.41) is 4.04. The number of aliphatic imine (C=N–C) groups is 1. The minimum absolute atomic E-state index is 0.0797. The van der Waals surface area contributed by atoms with Crippen LogP contribution in [-0.2, 0) is 19.4 Å². The van der Waals surface area contributed by atoms with Crippen molar-refractivity contribution < 1.29 is 18.7 Å². The molecule has 0 radical (unpaired) electrons. The number of fused-ring (bicyclic) bond motifs is 1. The Kier molecular flexibility index (Phi) is 8.31. The molecule has 3 aromatic rings. The topological polar surface area (TPSA) is 73.1 Å². The lowest BCUT2D eigenvalue weighted by atomic mass is 9.72. The summed E-state index contributed by atoms with van der Waals surface area (Å²) in [6.07, 6.45) is 11.4. The fraction of sp³-hybridized carbons (Fsp3) is 0.379. The van der Waals surface area contributed by atoms with Crippen molar-refractivity contribution in [2.24, 2.45) is 16.3 Å². The number of nitrogens with zero attached hydrogens (tertiary/aromatic N) is 1. The first-order chi connectivity index (χ1) is 17.7. The molecule has 0 saturated carbocycles. The number of carbonyl (C=O) groups is 1. The number of halogens is 1. The van der Waals surface area contributed by atoms with E-state index >= 15 is 0 Å². The van der Waals surface area contributed by atoms with E-state index in [2.05, 4.69) is 32.0 Å². The van der Waals surface area contributed by atoms with Gasteiger partial charge in [-0.25, -0.2) is 4.99 Å². The summed E-state index contributed by atoms with van der Waals surface area (Å²) in [6, 6.07) is 7.16. The Morgan fingerprint density at radius 2 is 2.22 bits per heavy atom. The third kappa shape index (κ3) is 6.20. The average molecular weight is 539 g/mol. The third-order valence-corrected chi connectivity index (χ3v) is 8.03. The maximum absolute atomic E-state index is 13.4. The molecule has 0 aliphatic heterocycles. The highest BCUT2D eigenvalue weighted by atomic mass is 35.5. The molecule has 2 aromatic heterocycles. The number of carbonyl (C=O) groups excluding carboxylic acids is 1. The van der Waals surface area contributed by atoms with Gasteiger partial charge in [-0.15, -0.1) is 17.8 Å². The Morgan fingerprint density at radius 3 is 2.89 bits per heavy atom. The van der Waals surface area contributed by atoms with Gasteiger partial charge in [-0.05, 0) is 66.0 Å². The lowest BCUT2D eigenvalue weighted by Crippen LogP contribution is -2.28. The summed E-state index contributed by atoms with van der Waals surface area (Å²) in [4.78, 5) is 19.4. The second kappa shape index (κ2) is 11.5. The number of amides is 1. The van der Waals surface area contributed by atoms with Gasteiger partial charge < -0.3 is 19.2 Å². The molecule has 0 spiro atoms. The first-order valence-corrected chi connectivity index (χ1v) is 13.3. The number of ether oxygens (including phenoxy) is 2. The van der Waals surface area contributed by atoms with Crippen LogP contribution in [0, 0.1) is 23.7 Å². The van der Waals surface area contributed by atoms with E-state index in [9.17, 15) is 4.79 Å². The van der Waals surface area contributed by atoms with E-state index in [4.69, 9.17) is 36.9 Å². The van der Waals surface area contributed by atoms with Gasteiger partial charge in [0, 0.05) is 11.1 Å². The van der Waals surface area contributed by atoms with Crippen LogP contribution in [0.15, 0.2) is 39.9 Å². The van der Waals surface area contributed by atoms with E-state index < -0.39 is 0 Å². The molecule has 8 heteroatoms. The molecule has 1 aliphatic rings. The van der Waals surface area contributed by atoms with Crippen molar-refractivity contribution >= 4 is 40.1 Å². The Labute approximate surface area is 227 Å². The zero-order valence-corrected chi connectivity index (χ0v) is 23.1. The second-order valence-corrected chi connectivity index (χ2v) is 11.5. The molecule has 1 atom stereocenters. The molecule has 0 fully saturated rings. The van der Waals surface area contributed by atoms with Crippen LogP contribution >= 0.6 is 22.9 Å². The van der Waals surface area contributed by atoms with E-state index in [1.165, 1.54) is 12.0 Å². The third-order valence-electron chi connectivity index (χ3n) is 6.58. The van der Waals surface area contributed by atoms with E-state index in [0.717, 1.165) is 30.4 Å². The Balaban J connectivity index is 1.67. The highest BCUT2D eigenvalue weighted by molar-refractivity contribution is 7.16. The predicted molar refractivity (Wildman–Crippen MR) is 149 cm³/mol. The van der Waals surface area contributed by atoms with Gasteiger partial charge in [0.05, 0.1) is 30.5 Å². The zero-order valence-electron chi connectivity index (χ0n) is 21.5. The molecule has 2 heterocycles. The summed E-state index contributed by atoms with van der Waals surface area (Å²) < 4.78 is 16.4.